The maximum atomic E-state index is 13.4. The Morgan fingerprint density at radius 2 is 1.93 bits per heavy atom. The van der Waals surface area contributed by atoms with Gasteiger partial charge in [-0.05, 0) is 38.1 Å². The van der Waals surface area contributed by atoms with Crippen molar-refractivity contribution in [2.24, 2.45) is 0 Å². The highest BCUT2D eigenvalue weighted by Crippen LogP contribution is 2.29. The van der Waals surface area contributed by atoms with E-state index in [1.54, 1.807) is 23.5 Å². The summed E-state index contributed by atoms with van der Waals surface area (Å²) in [6.07, 6.45) is 2.11. The number of halogens is 1. The molecule has 0 aliphatic carbocycles. The number of benzene rings is 1. The molecule has 0 unspecified atom stereocenters. The van der Waals surface area contributed by atoms with E-state index in [9.17, 15) is 9.18 Å². The van der Waals surface area contributed by atoms with Crippen LogP contribution in [0.2, 0.25) is 0 Å². The standard InChI is InChI=1S/C20H24FN5OS/c1-3-22-19(27)25-10-8-24(9-11-25)13-17-18(15-4-6-16(21)7-5-15)23-20-26(17)12-14(2)28-20/h4-7,12H,3,8-11,13H2,1-2H3,(H,22,27). The van der Waals surface area contributed by atoms with Gasteiger partial charge in [0, 0.05) is 55.9 Å². The minimum atomic E-state index is -0.247. The summed E-state index contributed by atoms with van der Waals surface area (Å²) < 4.78 is 15.5. The Kier molecular flexibility index (Phi) is 5.32. The van der Waals surface area contributed by atoms with Gasteiger partial charge in [0.2, 0.25) is 0 Å². The maximum Gasteiger partial charge on any atom is 0.317 e. The summed E-state index contributed by atoms with van der Waals surface area (Å²) in [6, 6.07) is 6.52. The number of aryl methyl sites for hydroxylation is 1. The van der Waals surface area contributed by atoms with Gasteiger partial charge in [-0.25, -0.2) is 14.2 Å². The Labute approximate surface area is 167 Å². The van der Waals surface area contributed by atoms with E-state index in [4.69, 9.17) is 4.98 Å². The van der Waals surface area contributed by atoms with Gasteiger partial charge in [-0.2, -0.15) is 0 Å². The van der Waals surface area contributed by atoms with E-state index in [-0.39, 0.29) is 11.8 Å². The van der Waals surface area contributed by atoms with Crippen LogP contribution in [0.3, 0.4) is 0 Å². The molecule has 1 saturated heterocycles. The lowest BCUT2D eigenvalue weighted by Crippen LogP contribution is -2.51. The van der Waals surface area contributed by atoms with Gasteiger partial charge in [0.05, 0.1) is 11.4 Å². The van der Waals surface area contributed by atoms with Crippen LogP contribution in [0.5, 0.6) is 0 Å². The number of fused-ring (bicyclic) bond motifs is 1. The predicted molar refractivity (Wildman–Crippen MR) is 109 cm³/mol. The molecule has 1 aromatic carbocycles. The largest absolute Gasteiger partial charge is 0.338 e. The van der Waals surface area contributed by atoms with E-state index in [2.05, 4.69) is 27.7 Å². The van der Waals surface area contributed by atoms with Crippen molar-refractivity contribution < 1.29 is 9.18 Å². The van der Waals surface area contributed by atoms with Crippen LogP contribution in [0.25, 0.3) is 16.2 Å². The lowest BCUT2D eigenvalue weighted by molar-refractivity contribution is 0.134. The molecular formula is C20H24FN5OS. The third-order valence-electron chi connectivity index (χ3n) is 5.02. The van der Waals surface area contributed by atoms with Gasteiger partial charge >= 0.3 is 6.03 Å². The van der Waals surface area contributed by atoms with E-state index >= 15 is 0 Å². The first-order chi connectivity index (χ1) is 13.5. The van der Waals surface area contributed by atoms with Crippen molar-refractivity contribution in [1.82, 2.24) is 24.5 Å². The third kappa shape index (κ3) is 3.74. The molecule has 3 aromatic rings. The number of nitrogens with one attached hydrogen (secondary N) is 1. The summed E-state index contributed by atoms with van der Waals surface area (Å²) in [5, 5.41) is 2.86. The second kappa shape index (κ2) is 7.89. The Balaban J connectivity index is 1.57. The molecule has 8 heteroatoms. The summed E-state index contributed by atoms with van der Waals surface area (Å²) in [5.74, 6) is -0.247. The lowest BCUT2D eigenvalue weighted by atomic mass is 10.1. The predicted octanol–water partition coefficient (Wildman–Crippen LogP) is 3.36. The normalized spacial score (nSPS) is 15.3. The van der Waals surface area contributed by atoms with E-state index < -0.39 is 0 Å². The summed E-state index contributed by atoms with van der Waals surface area (Å²) in [5.41, 5.74) is 2.93. The molecule has 148 valence electrons. The van der Waals surface area contributed by atoms with Crippen molar-refractivity contribution >= 4 is 22.3 Å². The van der Waals surface area contributed by atoms with Crippen LogP contribution in [0.15, 0.2) is 30.5 Å². The number of aromatic nitrogens is 2. The Morgan fingerprint density at radius 3 is 2.61 bits per heavy atom. The second-order valence-electron chi connectivity index (χ2n) is 7.01. The summed E-state index contributed by atoms with van der Waals surface area (Å²) in [6.45, 7) is 8.45. The number of carbonyl (C=O) groups excluding carboxylic acids is 1. The smallest absolute Gasteiger partial charge is 0.317 e. The first-order valence-corrected chi connectivity index (χ1v) is 10.3. The van der Waals surface area contributed by atoms with E-state index in [0.29, 0.717) is 19.6 Å². The van der Waals surface area contributed by atoms with Gasteiger partial charge in [0.25, 0.3) is 0 Å². The van der Waals surface area contributed by atoms with Crippen LogP contribution in [-0.4, -0.2) is 57.9 Å². The van der Waals surface area contributed by atoms with E-state index in [1.807, 2.05) is 11.8 Å². The molecule has 2 aromatic heterocycles. The molecule has 1 aliphatic heterocycles. The highest BCUT2D eigenvalue weighted by molar-refractivity contribution is 7.17. The molecule has 1 fully saturated rings. The molecular weight excluding hydrogens is 377 g/mol. The fourth-order valence-electron chi connectivity index (χ4n) is 3.57. The van der Waals surface area contributed by atoms with Crippen molar-refractivity contribution in [3.8, 4) is 11.3 Å². The summed E-state index contributed by atoms with van der Waals surface area (Å²) in [4.78, 5) is 23.2. The minimum Gasteiger partial charge on any atom is -0.338 e. The third-order valence-corrected chi connectivity index (χ3v) is 5.92. The first kappa shape index (κ1) is 18.9. The van der Waals surface area contributed by atoms with Crippen molar-refractivity contribution in [3.63, 3.8) is 0 Å². The average molecular weight is 402 g/mol. The Morgan fingerprint density at radius 1 is 1.21 bits per heavy atom. The number of piperazine rings is 1. The number of urea groups is 1. The Bertz CT molecular complexity index is 973. The lowest BCUT2D eigenvalue weighted by Gasteiger charge is -2.34. The molecule has 4 rings (SSSR count). The number of nitrogens with zero attached hydrogens (tertiary/aromatic N) is 4. The zero-order chi connectivity index (χ0) is 19.7. The van der Waals surface area contributed by atoms with Gasteiger partial charge in [-0.3, -0.25) is 9.30 Å². The number of hydrogen-bond acceptors (Lipinski definition) is 4. The molecule has 1 N–H and O–H groups in total. The zero-order valence-electron chi connectivity index (χ0n) is 16.1. The fourth-order valence-corrected chi connectivity index (χ4v) is 4.42. The van der Waals surface area contributed by atoms with Crippen LogP contribution >= 0.6 is 11.3 Å². The Hall–Kier alpha value is -2.45. The number of hydrogen-bond donors (Lipinski definition) is 1. The van der Waals surface area contributed by atoms with E-state index in [0.717, 1.165) is 41.5 Å². The molecule has 28 heavy (non-hydrogen) atoms. The number of rotatable bonds is 4. The molecule has 0 bridgehead atoms. The zero-order valence-corrected chi connectivity index (χ0v) is 16.9. The molecule has 0 saturated carbocycles. The highest BCUT2D eigenvalue weighted by Gasteiger charge is 2.24. The van der Waals surface area contributed by atoms with Crippen molar-refractivity contribution in [2.75, 3.05) is 32.7 Å². The molecule has 0 radical (unpaired) electrons. The van der Waals surface area contributed by atoms with Crippen LogP contribution in [-0.2, 0) is 6.54 Å². The van der Waals surface area contributed by atoms with Crippen LogP contribution in [0.4, 0.5) is 9.18 Å². The van der Waals surface area contributed by atoms with Gasteiger partial charge in [-0.15, -0.1) is 11.3 Å². The molecule has 0 atom stereocenters. The number of thiazole rings is 1. The molecule has 1 aliphatic rings. The van der Waals surface area contributed by atoms with Crippen LogP contribution in [0, 0.1) is 12.7 Å². The van der Waals surface area contributed by atoms with Crippen molar-refractivity contribution in [3.05, 3.63) is 46.9 Å². The van der Waals surface area contributed by atoms with Gasteiger partial charge < -0.3 is 10.2 Å². The van der Waals surface area contributed by atoms with Crippen LogP contribution < -0.4 is 5.32 Å². The summed E-state index contributed by atoms with van der Waals surface area (Å²) >= 11 is 1.65. The number of carbonyl (C=O) groups is 1. The van der Waals surface area contributed by atoms with Crippen molar-refractivity contribution in [2.45, 2.75) is 20.4 Å². The fraction of sp³-hybridized carbons (Fsp3) is 0.400. The van der Waals surface area contributed by atoms with Gasteiger partial charge in [0.15, 0.2) is 4.96 Å². The highest BCUT2D eigenvalue weighted by atomic mass is 32.1. The minimum absolute atomic E-state index is 0.00866. The van der Waals surface area contributed by atoms with E-state index in [1.165, 1.54) is 17.0 Å². The molecule has 2 amide bonds. The SMILES string of the molecule is CCNC(=O)N1CCN(Cc2c(-c3ccc(F)cc3)nc3sc(C)cn23)CC1. The van der Waals surface area contributed by atoms with Crippen molar-refractivity contribution in [1.29, 1.82) is 0 Å². The topological polar surface area (TPSA) is 52.9 Å². The van der Waals surface area contributed by atoms with Crippen LogP contribution in [0.1, 0.15) is 17.5 Å². The monoisotopic (exact) mass is 401 g/mol. The molecule has 0 spiro atoms. The van der Waals surface area contributed by atoms with Gasteiger partial charge in [-0.1, -0.05) is 0 Å². The second-order valence-corrected chi connectivity index (χ2v) is 8.22. The average Bonchev–Trinajstić information content (AvgIpc) is 3.20. The number of imidazole rings is 1. The first-order valence-electron chi connectivity index (χ1n) is 9.53. The molecule has 6 nitrogen and oxygen atoms in total. The molecule has 3 heterocycles. The quantitative estimate of drug-likeness (QED) is 0.729. The maximum absolute atomic E-state index is 13.4. The number of amides is 2. The summed E-state index contributed by atoms with van der Waals surface area (Å²) in [7, 11) is 0. The van der Waals surface area contributed by atoms with Gasteiger partial charge in [0.1, 0.15) is 5.82 Å².